The molecule has 0 amide bonds. The van der Waals surface area contributed by atoms with E-state index in [0.29, 0.717) is 26.0 Å². The van der Waals surface area contributed by atoms with Crippen molar-refractivity contribution < 1.29 is 4.79 Å². The van der Waals surface area contributed by atoms with Crippen LogP contribution in [0.5, 0.6) is 0 Å². The number of fused-ring (bicyclic) bond motifs is 1. The summed E-state index contributed by atoms with van der Waals surface area (Å²) in [4.78, 5) is 15.5. The molecule has 2 aromatic carbocycles. The maximum Gasteiger partial charge on any atom is 0.169 e. The van der Waals surface area contributed by atoms with Gasteiger partial charge < -0.3 is 4.98 Å². The van der Waals surface area contributed by atoms with Crippen LogP contribution in [0.1, 0.15) is 15.9 Å². The molecule has 21 heavy (non-hydrogen) atoms. The van der Waals surface area contributed by atoms with Crippen LogP contribution < -0.4 is 0 Å². The van der Waals surface area contributed by atoms with E-state index in [2.05, 4.69) is 4.98 Å². The zero-order valence-corrected chi connectivity index (χ0v) is 13.1. The molecular weight excluding hydrogens is 329 g/mol. The first kappa shape index (κ1) is 14.5. The Morgan fingerprint density at radius 3 is 2.57 bits per heavy atom. The number of aromatic nitrogens is 1. The molecular formula is C16H10Cl3NO. The number of carbonyl (C=O) groups excluding carboxylic acids is 1. The van der Waals surface area contributed by atoms with Crippen LogP contribution in [-0.4, -0.2) is 10.8 Å². The lowest BCUT2D eigenvalue weighted by molar-refractivity contribution is 0.0994. The SMILES string of the molecule is O=C(Cc1ccccc1Cl)c1c[nH]c2cc(Cl)cc(Cl)c12. The van der Waals surface area contributed by atoms with Crippen LogP contribution in [0.3, 0.4) is 0 Å². The molecule has 0 aliphatic heterocycles. The van der Waals surface area contributed by atoms with E-state index in [1.807, 2.05) is 18.2 Å². The number of hydrogen-bond acceptors (Lipinski definition) is 1. The second-order valence-electron chi connectivity index (χ2n) is 4.70. The topological polar surface area (TPSA) is 32.9 Å². The number of benzene rings is 2. The summed E-state index contributed by atoms with van der Waals surface area (Å²) in [5.41, 5.74) is 2.09. The number of Topliss-reactive ketones (excluding diaryl/α,β-unsaturated/α-hetero) is 1. The minimum atomic E-state index is -0.0430. The van der Waals surface area contributed by atoms with Crippen molar-refractivity contribution in [2.24, 2.45) is 0 Å². The lowest BCUT2D eigenvalue weighted by atomic mass is 10.0. The molecule has 3 rings (SSSR count). The molecule has 106 valence electrons. The first-order valence-electron chi connectivity index (χ1n) is 6.29. The average molecular weight is 339 g/mol. The standard InChI is InChI=1S/C16H10Cl3NO/c17-10-6-13(19)16-11(8-20-14(16)7-10)15(21)5-9-3-1-2-4-12(9)18/h1-4,6-8,20H,5H2. The van der Waals surface area contributed by atoms with Gasteiger partial charge in [-0.3, -0.25) is 4.79 Å². The van der Waals surface area contributed by atoms with Crippen LogP contribution in [-0.2, 0) is 6.42 Å². The van der Waals surface area contributed by atoms with Gasteiger partial charge in [0.1, 0.15) is 0 Å². The number of halogens is 3. The Balaban J connectivity index is 2.01. The summed E-state index contributed by atoms with van der Waals surface area (Å²) in [6.07, 6.45) is 1.89. The van der Waals surface area contributed by atoms with Crippen molar-refractivity contribution in [2.75, 3.05) is 0 Å². The third-order valence-corrected chi connectivity index (χ3v) is 4.19. The van der Waals surface area contributed by atoms with Gasteiger partial charge in [0.15, 0.2) is 5.78 Å². The van der Waals surface area contributed by atoms with E-state index in [-0.39, 0.29) is 12.2 Å². The predicted octanol–water partition coefficient (Wildman–Crippen LogP) is 5.55. The zero-order valence-electron chi connectivity index (χ0n) is 10.8. The Kier molecular flexibility index (Phi) is 3.94. The maximum atomic E-state index is 12.5. The number of carbonyl (C=O) groups is 1. The Bertz CT molecular complexity index is 839. The van der Waals surface area contributed by atoms with Crippen LogP contribution in [0.15, 0.2) is 42.6 Å². The smallest absolute Gasteiger partial charge is 0.169 e. The summed E-state index contributed by atoms with van der Waals surface area (Å²) in [6, 6.07) is 10.7. The first-order valence-corrected chi connectivity index (χ1v) is 7.42. The highest BCUT2D eigenvalue weighted by molar-refractivity contribution is 6.39. The second kappa shape index (κ2) is 5.72. The number of aromatic amines is 1. The summed E-state index contributed by atoms with van der Waals surface area (Å²) >= 11 is 18.3. The van der Waals surface area contributed by atoms with Crippen molar-refractivity contribution in [3.8, 4) is 0 Å². The monoisotopic (exact) mass is 337 g/mol. The molecule has 0 bridgehead atoms. The lowest BCUT2D eigenvalue weighted by Crippen LogP contribution is -2.03. The van der Waals surface area contributed by atoms with Crippen molar-refractivity contribution in [3.05, 3.63) is 68.8 Å². The van der Waals surface area contributed by atoms with Crippen molar-refractivity contribution in [3.63, 3.8) is 0 Å². The third-order valence-electron chi connectivity index (χ3n) is 3.31. The minimum absolute atomic E-state index is 0.0430. The number of hydrogen-bond donors (Lipinski definition) is 1. The van der Waals surface area contributed by atoms with Gasteiger partial charge in [0.2, 0.25) is 0 Å². The quantitative estimate of drug-likeness (QED) is 0.624. The molecule has 2 nitrogen and oxygen atoms in total. The van der Waals surface area contributed by atoms with Crippen LogP contribution >= 0.6 is 34.8 Å². The van der Waals surface area contributed by atoms with Crippen LogP contribution in [0.4, 0.5) is 0 Å². The van der Waals surface area contributed by atoms with Crippen LogP contribution in [0.25, 0.3) is 10.9 Å². The number of nitrogens with one attached hydrogen (secondary N) is 1. The summed E-state index contributed by atoms with van der Waals surface area (Å²) in [5, 5.41) is 2.26. The highest BCUT2D eigenvalue weighted by atomic mass is 35.5. The molecule has 3 aromatic rings. The fraction of sp³-hybridized carbons (Fsp3) is 0.0625. The van der Waals surface area contributed by atoms with Gasteiger partial charge in [-0.25, -0.2) is 0 Å². The second-order valence-corrected chi connectivity index (χ2v) is 5.95. The molecule has 5 heteroatoms. The molecule has 0 unspecified atom stereocenters. The van der Waals surface area contributed by atoms with Crippen LogP contribution in [0, 0.1) is 0 Å². The summed E-state index contributed by atoms with van der Waals surface area (Å²) in [5.74, 6) is -0.0430. The molecule has 0 atom stereocenters. The van der Waals surface area contributed by atoms with Gasteiger partial charge in [0, 0.05) is 39.1 Å². The highest BCUT2D eigenvalue weighted by Gasteiger charge is 2.16. The van der Waals surface area contributed by atoms with Gasteiger partial charge in [-0.1, -0.05) is 53.0 Å². The largest absolute Gasteiger partial charge is 0.360 e. The van der Waals surface area contributed by atoms with Gasteiger partial charge in [0.25, 0.3) is 0 Å². The Morgan fingerprint density at radius 2 is 1.81 bits per heavy atom. The molecule has 1 heterocycles. The van der Waals surface area contributed by atoms with Crippen LogP contribution in [0.2, 0.25) is 15.1 Å². The molecule has 0 saturated carbocycles. The fourth-order valence-electron chi connectivity index (χ4n) is 2.31. The van der Waals surface area contributed by atoms with Gasteiger partial charge in [-0.15, -0.1) is 0 Å². The molecule has 1 N–H and O–H groups in total. The molecule has 0 spiro atoms. The molecule has 1 aromatic heterocycles. The van der Waals surface area contributed by atoms with Crippen molar-refractivity contribution in [2.45, 2.75) is 6.42 Å². The van der Waals surface area contributed by atoms with Gasteiger partial charge in [0.05, 0.1) is 5.02 Å². The molecule has 0 radical (unpaired) electrons. The summed E-state index contributed by atoms with van der Waals surface area (Å²) < 4.78 is 0. The van der Waals surface area contributed by atoms with E-state index in [1.165, 1.54) is 0 Å². The van der Waals surface area contributed by atoms with E-state index in [9.17, 15) is 4.79 Å². The molecule has 0 aliphatic rings. The fourth-order valence-corrected chi connectivity index (χ4v) is 3.11. The molecule has 0 aliphatic carbocycles. The highest BCUT2D eigenvalue weighted by Crippen LogP contribution is 2.31. The summed E-state index contributed by atoms with van der Waals surface area (Å²) in [6.45, 7) is 0. The third kappa shape index (κ3) is 2.80. The Hall–Kier alpha value is -1.48. The average Bonchev–Trinajstić information content (AvgIpc) is 2.85. The van der Waals surface area contributed by atoms with Gasteiger partial charge in [-0.2, -0.15) is 0 Å². The lowest BCUT2D eigenvalue weighted by Gasteiger charge is -2.04. The first-order chi connectivity index (χ1) is 10.1. The number of H-pyrrole nitrogens is 1. The van der Waals surface area contributed by atoms with Gasteiger partial charge >= 0.3 is 0 Å². The minimum Gasteiger partial charge on any atom is -0.360 e. The maximum absolute atomic E-state index is 12.5. The number of rotatable bonds is 3. The zero-order chi connectivity index (χ0) is 15.0. The van der Waals surface area contributed by atoms with E-state index in [4.69, 9.17) is 34.8 Å². The molecule has 0 fully saturated rings. The predicted molar refractivity (Wildman–Crippen MR) is 87.8 cm³/mol. The van der Waals surface area contributed by atoms with E-state index in [1.54, 1.807) is 24.4 Å². The van der Waals surface area contributed by atoms with Crippen molar-refractivity contribution in [1.29, 1.82) is 0 Å². The van der Waals surface area contributed by atoms with E-state index < -0.39 is 0 Å². The Morgan fingerprint density at radius 1 is 1.05 bits per heavy atom. The van der Waals surface area contributed by atoms with E-state index >= 15 is 0 Å². The normalized spacial score (nSPS) is 11.0. The number of ketones is 1. The molecule has 0 saturated heterocycles. The van der Waals surface area contributed by atoms with Gasteiger partial charge in [-0.05, 0) is 23.8 Å². The Labute approximate surface area is 136 Å². The summed E-state index contributed by atoms with van der Waals surface area (Å²) in [7, 11) is 0. The van der Waals surface area contributed by atoms with Crippen molar-refractivity contribution >= 4 is 51.5 Å². The van der Waals surface area contributed by atoms with E-state index in [0.717, 1.165) is 11.1 Å². The van der Waals surface area contributed by atoms with Crippen molar-refractivity contribution in [1.82, 2.24) is 4.98 Å².